The van der Waals surface area contributed by atoms with Crippen molar-refractivity contribution in [1.82, 2.24) is 0 Å². The molecule has 53 heavy (non-hydrogen) atoms. The number of nitrogens with zero attached hydrogens (tertiary/aromatic N) is 1. The number of hydrogen-bond acceptors (Lipinski definition) is 7. The second-order valence-electron chi connectivity index (χ2n) is 14.7. The van der Waals surface area contributed by atoms with Crippen LogP contribution < -0.4 is 40.2 Å². The monoisotopic (exact) mass is 741 g/mol. The van der Waals surface area contributed by atoms with Crippen LogP contribution in [0, 0.1) is 51.7 Å². The van der Waals surface area contributed by atoms with Gasteiger partial charge < -0.3 is 15.2 Å². The summed E-state index contributed by atoms with van der Waals surface area (Å²) in [5.41, 5.74) is 14.0. The first kappa shape index (κ1) is 41.8. The van der Waals surface area contributed by atoms with E-state index in [1.54, 1.807) is 0 Å². The van der Waals surface area contributed by atoms with Crippen LogP contribution in [0.5, 0.6) is 0 Å². The number of anilines is 4. The molecule has 0 saturated carbocycles. The van der Waals surface area contributed by atoms with Crippen molar-refractivity contribution in [2.45, 2.75) is 91.9 Å². The SMILES string of the molecule is Cc1cc(C)c(Nc2ccc(C(c3ccc(Nc4c(C)cc(C)cc4C)c(C(C)C)c3)c3ccc([N+](=O)[O-])cc3S(=O)(=O)[O-])cc2C(C)C)c(C)c1.[Na+]. The van der Waals surface area contributed by atoms with Crippen LogP contribution in [0.25, 0.3) is 0 Å². The average molecular weight is 742 g/mol. The van der Waals surface area contributed by atoms with Gasteiger partial charge in [0.2, 0.25) is 0 Å². The van der Waals surface area contributed by atoms with Crippen LogP contribution in [0.3, 0.4) is 0 Å². The standard InChI is InChI=1S/C43H49N3O5S.Na/c1-24(2)36-21-32(11-15-38(36)44-42-28(7)17-26(5)18-29(42)8)41(35-14-13-34(46(47)48)23-40(35)52(49,50)51)33-12-16-39(37(22-33)25(3)4)45-43-30(9)19-27(6)20-31(43)10;/h11-25,41,44-45H,1-10H3,(H,49,50,51);/q;+1/p-1. The van der Waals surface area contributed by atoms with Gasteiger partial charge in [0.15, 0.2) is 0 Å². The molecule has 10 heteroatoms. The molecule has 0 spiro atoms. The second kappa shape index (κ2) is 16.6. The van der Waals surface area contributed by atoms with E-state index in [1.165, 1.54) is 23.3 Å². The molecule has 0 atom stereocenters. The third kappa shape index (κ3) is 9.22. The molecular weight excluding hydrogens is 694 g/mol. The normalized spacial score (nSPS) is 11.6. The molecule has 0 saturated heterocycles. The Morgan fingerprint density at radius 1 is 0.585 bits per heavy atom. The van der Waals surface area contributed by atoms with E-state index in [9.17, 15) is 23.1 Å². The minimum absolute atomic E-state index is 0. The van der Waals surface area contributed by atoms with Gasteiger partial charge in [0, 0.05) is 40.8 Å². The Hall–Kier alpha value is -3.99. The van der Waals surface area contributed by atoms with Crippen LogP contribution in [-0.4, -0.2) is 17.9 Å². The van der Waals surface area contributed by atoms with Crippen molar-refractivity contribution in [3.63, 3.8) is 0 Å². The third-order valence-corrected chi connectivity index (χ3v) is 10.6. The number of hydrogen-bond donors (Lipinski definition) is 2. The van der Waals surface area contributed by atoms with E-state index in [-0.39, 0.29) is 47.0 Å². The van der Waals surface area contributed by atoms with E-state index in [2.05, 4.69) is 116 Å². The number of benzene rings is 5. The van der Waals surface area contributed by atoms with Crippen LogP contribution in [0.15, 0.2) is 83.8 Å². The van der Waals surface area contributed by atoms with Crippen LogP contribution >= 0.6 is 0 Å². The smallest absolute Gasteiger partial charge is 0.744 e. The zero-order valence-electron chi connectivity index (χ0n) is 32.6. The number of nitro groups is 1. The number of nitro benzene ring substituents is 1. The molecule has 0 fully saturated rings. The molecule has 2 N–H and O–H groups in total. The minimum atomic E-state index is -5.11. The Kier molecular flexibility index (Phi) is 13.1. The Morgan fingerprint density at radius 2 is 0.981 bits per heavy atom. The molecule has 0 heterocycles. The predicted octanol–water partition coefficient (Wildman–Crippen LogP) is 8.27. The predicted molar refractivity (Wildman–Crippen MR) is 211 cm³/mol. The van der Waals surface area contributed by atoms with Crippen molar-refractivity contribution in [3.05, 3.63) is 150 Å². The maximum absolute atomic E-state index is 12.8. The van der Waals surface area contributed by atoms with Crippen molar-refractivity contribution in [2.24, 2.45) is 0 Å². The van der Waals surface area contributed by atoms with Gasteiger partial charge in [-0.15, -0.1) is 0 Å². The largest absolute Gasteiger partial charge is 1.00 e. The fraction of sp³-hybridized carbons (Fsp3) is 0.302. The van der Waals surface area contributed by atoms with Gasteiger partial charge in [-0.3, -0.25) is 10.1 Å². The van der Waals surface area contributed by atoms with Crippen LogP contribution in [0.2, 0.25) is 0 Å². The van der Waals surface area contributed by atoms with Gasteiger partial charge in [0.1, 0.15) is 10.1 Å². The van der Waals surface area contributed by atoms with E-state index in [0.29, 0.717) is 0 Å². The quantitative estimate of drug-likeness (QED) is 0.0459. The van der Waals surface area contributed by atoms with Crippen molar-refractivity contribution in [1.29, 1.82) is 0 Å². The first-order valence-electron chi connectivity index (χ1n) is 17.6. The summed E-state index contributed by atoms with van der Waals surface area (Å²) in [4.78, 5) is 10.4. The zero-order valence-corrected chi connectivity index (χ0v) is 35.5. The topological polar surface area (TPSA) is 124 Å². The van der Waals surface area contributed by atoms with E-state index >= 15 is 0 Å². The Bertz CT molecular complexity index is 2140. The van der Waals surface area contributed by atoms with Gasteiger partial charge in [0.05, 0.1) is 9.82 Å². The molecule has 0 aliphatic heterocycles. The molecule has 5 aromatic carbocycles. The van der Waals surface area contributed by atoms with Gasteiger partial charge in [-0.1, -0.05) is 87.4 Å². The molecule has 0 amide bonds. The van der Waals surface area contributed by atoms with Gasteiger partial charge in [-0.25, -0.2) is 8.42 Å². The van der Waals surface area contributed by atoms with Gasteiger partial charge in [0.25, 0.3) is 5.69 Å². The third-order valence-electron chi connectivity index (χ3n) is 9.72. The summed E-state index contributed by atoms with van der Waals surface area (Å²) in [5, 5.41) is 19.1. The maximum Gasteiger partial charge on any atom is 1.00 e. The molecule has 0 aromatic heterocycles. The molecule has 5 rings (SSSR count). The summed E-state index contributed by atoms with van der Waals surface area (Å²) >= 11 is 0. The molecule has 0 unspecified atom stereocenters. The van der Waals surface area contributed by atoms with E-state index < -0.39 is 31.5 Å². The van der Waals surface area contributed by atoms with Crippen LogP contribution in [-0.2, 0) is 10.1 Å². The summed E-state index contributed by atoms with van der Waals surface area (Å²) < 4.78 is 38.5. The first-order chi connectivity index (χ1) is 24.3. The van der Waals surface area contributed by atoms with Gasteiger partial charge >= 0.3 is 29.6 Å². The summed E-state index contributed by atoms with van der Waals surface area (Å²) in [6, 6.07) is 24.1. The van der Waals surface area contributed by atoms with Crippen LogP contribution in [0.4, 0.5) is 28.4 Å². The van der Waals surface area contributed by atoms with Crippen molar-refractivity contribution in [3.8, 4) is 0 Å². The maximum atomic E-state index is 12.8. The first-order valence-corrected chi connectivity index (χ1v) is 19.0. The molecule has 0 aliphatic rings. The molecule has 0 radical (unpaired) electrons. The Morgan fingerprint density at radius 3 is 1.32 bits per heavy atom. The fourth-order valence-corrected chi connectivity index (χ4v) is 8.11. The Balaban J connectivity index is 0.00000627. The number of aryl methyl sites for hydroxylation is 6. The Labute approximate surface area is 336 Å². The molecule has 5 aromatic rings. The molecule has 272 valence electrons. The summed E-state index contributed by atoms with van der Waals surface area (Å²) in [6.45, 7) is 20.8. The molecule has 0 bridgehead atoms. The molecule has 0 aliphatic carbocycles. The average Bonchev–Trinajstić information content (AvgIpc) is 3.04. The van der Waals surface area contributed by atoms with Crippen molar-refractivity contribution < 1.29 is 47.5 Å². The fourth-order valence-electron chi connectivity index (χ4n) is 7.37. The molecule has 8 nitrogen and oxygen atoms in total. The summed E-state index contributed by atoms with van der Waals surface area (Å²) in [6.07, 6.45) is 0. The second-order valence-corrected chi connectivity index (χ2v) is 16.0. The van der Waals surface area contributed by atoms with E-state index in [4.69, 9.17) is 0 Å². The van der Waals surface area contributed by atoms with Gasteiger partial charge in [-0.05, 0) is 122 Å². The summed E-state index contributed by atoms with van der Waals surface area (Å²) in [5.74, 6) is -0.580. The van der Waals surface area contributed by atoms with Crippen molar-refractivity contribution >= 4 is 38.6 Å². The summed E-state index contributed by atoms with van der Waals surface area (Å²) in [7, 11) is -5.11. The molecular formula is C43H48N3NaO5S. The van der Waals surface area contributed by atoms with Crippen molar-refractivity contribution in [2.75, 3.05) is 10.6 Å². The number of non-ortho nitro benzene ring substituents is 1. The van der Waals surface area contributed by atoms with E-state index in [1.807, 2.05) is 24.3 Å². The van der Waals surface area contributed by atoms with E-state index in [0.717, 1.165) is 73.3 Å². The minimum Gasteiger partial charge on any atom is -0.744 e. The van der Waals surface area contributed by atoms with Gasteiger partial charge in [-0.2, -0.15) is 0 Å². The zero-order chi connectivity index (χ0) is 38.2. The number of nitrogens with one attached hydrogen (secondary N) is 2. The van der Waals surface area contributed by atoms with Crippen LogP contribution in [0.1, 0.15) is 107 Å². The number of rotatable bonds is 11.